The average Bonchev–Trinajstić information content (AvgIpc) is 2.83. The number of sulfonamides is 1. The van der Waals surface area contributed by atoms with Crippen molar-refractivity contribution in [1.82, 2.24) is 9.62 Å². The lowest BCUT2D eigenvalue weighted by Crippen LogP contribution is -2.43. The number of benzene rings is 2. The summed E-state index contributed by atoms with van der Waals surface area (Å²) in [6.45, 7) is 6.65. The first-order valence-electron chi connectivity index (χ1n) is 11.3. The molecule has 0 radical (unpaired) electrons. The van der Waals surface area contributed by atoms with E-state index in [2.05, 4.69) is 17.4 Å². The number of piperidine rings is 1. The molecule has 1 saturated heterocycles. The molecule has 2 aromatic carbocycles. The van der Waals surface area contributed by atoms with Crippen molar-refractivity contribution in [2.45, 2.75) is 55.4 Å². The van der Waals surface area contributed by atoms with E-state index in [0.29, 0.717) is 31.7 Å². The van der Waals surface area contributed by atoms with Gasteiger partial charge in [0.1, 0.15) is 10.6 Å². The number of rotatable bonds is 8. The van der Waals surface area contributed by atoms with E-state index in [1.807, 2.05) is 45.2 Å². The van der Waals surface area contributed by atoms with Crippen molar-refractivity contribution in [1.29, 1.82) is 0 Å². The van der Waals surface area contributed by atoms with Crippen LogP contribution in [0.4, 0.5) is 0 Å². The number of carbonyl (C=O) groups is 1. The Morgan fingerprint density at radius 2 is 1.67 bits per heavy atom. The summed E-state index contributed by atoms with van der Waals surface area (Å²) in [5, 5.41) is 3.09. The van der Waals surface area contributed by atoms with E-state index in [1.165, 1.54) is 16.3 Å². The summed E-state index contributed by atoms with van der Waals surface area (Å²) in [5.74, 6) is 0.333. The molecule has 0 unspecified atom stereocenters. The van der Waals surface area contributed by atoms with Gasteiger partial charge in [-0.25, -0.2) is 8.42 Å². The Kier molecular flexibility index (Phi) is 8.48. The number of hydrogen-bond acceptors (Lipinski definition) is 5. The number of thioether (sulfide) groups is 1. The number of nitrogens with one attached hydrogen (secondary N) is 1. The lowest BCUT2D eigenvalue weighted by atomic mass is 9.96. The van der Waals surface area contributed by atoms with Crippen LogP contribution in [-0.4, -0.2) is 45.1 Å². The Morgan fingerprint density at radius 1 is 1.06 bits per heavy atom. The van der Waals surface area contributed by atoms with Crippen molar-refractivity contribution in [2.24, 2.45) is 5.92 Å². The lowest BCUT2D eigenvalue weighted by Gasteiger charge is -2.31. The molecule has 33 heavy (non-hydrogen) atoms. The van der Waals surface area contributed by atoms with Crippen LogP contribution in [0, 0.1) is 5.92 Å². The standard InChI is InChI=1S/C25H34N2O4S2/c1-17(2)21-8-11-23(31-4)24(16-21)33(29,30)27-14-12-20(13-15-27)25(28)26-18(3)19-6-9-22(32-5)10-7-19/h6-11,16-18,20H,12-15H2,1-5H3,(H,26,28)/t18-/m0/s1. The maximum absolute atomic E-state index is 13.4. The molecular formula is C25H34N2O4S2. The number of amides is 1. The number of hydrogen-bond donors (Lipinski definition) is 1. The summed E-state index contributed by atoms with van der Waals surface area (Å²) < 4.78 is 33.6. The fourth-order valence-corrected chi connectivity index (χ4v) is 6.13. The molecule has 1 aliphatic rings. The van der Waals surface area contributed by atoms with Gasteiger partial charge in [-0.3, -0.25) is 4.79 Å². The topological polar surface area (TPSA) is 75.7 Å². The van der Waals surface area contributed by atoms with E-state index in [9.17, 15) is 13.2 Å². The number of nitrogens with zero attached hydrogens (tertiary/aromatic N) is 1. The van der Waals surface area contributed by atoms with Crippen molar-refractivity contribution in [3.63, 3.8) is 0 Å². The van der Waals surface area contributed by atoms with Crippen LogP contribution >= 0.6 is 11.8 Å². The van der Waals surface area contributed by atoms with Gasteiger partial charge in [0.2, 0.25) is 15.9 Å². The molecule has 0 bridgehead atoms. The SMILES string of the molecule is COc1ccc(C(C)C)cc1S(=O)(=O)N1CCC(C(=O)N[C@@H](C)c2ccc(SC)cc2)CC1. The zero-order valence-electron chi connectivity index (χ0n) is 20.0. The highest BCUT2D eigenvalue weighted by atomic mass is 32.2. The van der Waals surface area contributed by atoms with E-state index >= 15 is 0 Å². The zero-order chi connectivity index (χ0) is 24.2. The fraction of sp³-hybridized carbons (Fsp3) is 0.480. The molecule has 1 aliphatic heterocycles. The molecule has 1 fully saturated rings. The summed E-state index contributed by atoms with van der Waals surface area (Å²) in [7, 11) is -2.23. The molecule has 0 saturated carbocycles. The van der Waals surface area contributed by atoms with E-state index < -0.39 is 10.0 Å². The summed E-state index contributed by atoms with van der Waals surface area (Å²) in [6, 6.07) is 13.4. The van der Waals surface area contributed by atoms with Gasteiger partial charge in [0.05, 0.1) is 13.2 Å². The van der Waals surface area contributed by atoms with Gasteiger partial charge in [0, 0.05) is 23.9 Å². The van der Waals surface area contributed by atoms with Crippen LogP contribution in [0.3, 0.4) is 0 Å². The first-order chi connectivity index (χ1) is 15.7. The predicted octanol–water partition coefficient (Wildman–Crippen LogP) is 4.82. The van der Waals surface area contributed by atoms with Crippen molar-refractivity contribution in [3.8, 4) is 5.75 Å². The third-order valence-corrected chi connectivity index (χ3v) is 8.93. The van der Waals surface area contributed by atoms with Crippen LogP contribution in [-0.2, 0) is 14.8 Å². The minimum absolute atomic E-state index is 0.0205. The Labute approximate surface area is 202 Å². The van der Waals surface area contributed by atoms with Gasteiger partial charge in [-0.1, -0.05) is 32.0 Å². The second-order valence-electron chi connectivity index (χ2n) is 8.75. The van der Waals surface area contributed by atoms with Crippen LogP contribution < -0.4 is 10.1 Å². The van der Waals surface area contributed by atoms with Gasteiger partial charge in [-0.05, 0) is 67.3 Å². The third-order valence-electron chi connectivity index (χ3n) is 6.27. The maximum atomic E-state index is 13.4. The average molecular weight is 491 g/mol. The molecule has 1 atom stereocenters. The van der Waals surface area contributed by atoms with Crippen molar-refractivity contribution in [3.05, 3.63) is 53.6 Å². The highest BCUT2D eigenvalue weighted by molar-refractivity contribution is 7.98. The van der Waals surface area contributed by atoms with Gasteiger partial charge < -0.3 is 10.1 Å². The Hall–Kier alpha value is -2.03. The van der Waals surface area contributed by atoms with Crippen LogP contribution in [0.1, 0.15) is 56.7 Å². The molecule has 1 N–H and O–H groups in total. The molecule has 0 spiro atoms. The molecule has 8 heteroatoms. The predicted molar refractivity (Wildman–Crippen MR) is 133 cm³/mol. The van der Waals surface area contributed by atoms with E-state index in [1.54, 1.807) is 23.9 Å². The molecule has 3 rings (SSSR count). The highest BCUT2D eigenvalue weighted by Gasteiger charge is 2.34. The smallest absolute Gasteiger partial charge is 0.246 e. The van der Waals surface area contributed by atoms with Crippen molar-refractivity contribution >= 4 is 27.7 Å². The molecule has 1 heterocycles. The summed E-state index contributed by atoms with van der Waals surface area (Å²) in [4.78, 5) is 14.2. The quantitative estimate of drug-likeness (QED) is 0.537. The summed E-state index contributed by atoms with van der Waals surface area (Å²) >= 11 is 1.68. The molecule has 180 valence electrons. The number of methoxy groups -OCH3 is 1. The monoisotopic (exact) mass is 490 g/mol. The Balaban J connectivity index is 1.65. The maximum Gasteiger partial charge on any atom is 0.246 e. The molecule has 6 nitrogen and oxygen atoms in total. The normalized spacial score (nSPS) is 16.5. The first-order valence-corrected chi connectivity index (χ1v) is 14.0. The minimum Gasteiger partial charge on any atom is -0.495 e. The second kappa shape index (κ2) is 10.9. The van der Waals surface area contributed by atoms with Crippen LogP contribution in [0.25, 0.3) is 0 Å². The zero-order valence-corrected chi connectivity index (χ0v) is 21.6. The van der Waals surface area contributed by atoms with Crippen molar-refractivity contribution < 1.29 is 17.9 Å². The first kappa shape index (κ1) is 25.6. The van der Waals surface area contributed by atoms with E-state index in [-0.39, 0.29) is 28.7 Å². The largest absolute Gasteiger partial charge is 0.495 e. The lowest BCUT2D eigenvalue weighted by molar-refractivity contribution is -0.126. The molecule has 2 aromatic rings. The summed E-state index contributed by atoms with van der Waals surface area (Å²) in [6.07, 6.45) is 3.02. The van der Waals surface area contributed by atoms with Gasteiger partial charge in [0.25, 0.3) is 0 Å². The van der Waals surface area contributed by atoms with E-state index in [0.717, 1.165) is 11.1 Å². The van der Waals surface area contributed by atoms with Gasteiger partial charge in [-0.2, -0.15) is 4.31 Å². The fourth-order valence-electron chi connectivity index (χ4n) is 4.06. The number of ether oxygens (including phenoxy) is 1. The van der Waals surface area contributed by atoms with E-state index in [4.69, 9.17) is 4.74 Å². The van der Waals surface area contributed by atoms with Gasteiger partial charge in [0.15, 0.2) is 0 Å². The van der Waals surface area contributed by atoms with Crippen molar-refractivity contribution in [2.75, 3.05) is 26.5 Å². The molecule has 1 amide bonds. The third kappa shape index (κ3) is 5.91. The van der Waals surface area contributed by atoms with Crippen LogP contribution in [0.5, 0.6) is 5.75 Å². The molecular weight excluding hydrogens is 456 g/mol. The summed E-state index contributed by atoms with van der Waals surface area (Å²) in [5.41, 5.74) is 2.00. The Bertz CT molecular complexity index is 1060. The minimum atomic E-state index is -3.71. The molecule has 0 aliphatic carbocycles. The second-order valence-corrected chi connectivity index (χ2v) is 11.5. The number of carbonyl (C=O) groups excluding carboxylic acids is 1. The van der Waals surface area contributed by atoms with Gasteiger partial charge in [-0.15, -0.1) is 11.8 Å². The van der Waals surface area contributed by atoms with Gasteiger partial charge >= 0.3 is 0 Å². The highest BCUT2D eigenvalue weighted by Crippen LogP contribution is 2.32. The van der Waals surface area contributed by atoms with Crippen LogP contribution in [0.2, 0.25) is 0 Å². The van der Waals surface area contributed by atoms with Crippen LogP contribution in [0.15, 0.2) is 52.3 Å². The molecule has 0 aromatic heterocycles. The Morgan fingerprint density at radius 3 is 2.21 bits per heavy atom.